The standard InChI is InChI=1S/C5H9F2N.ClH/c1-3(8)4-2-5(4,6)7;/h3-4H,2,8H2,1H3;1H. The SMILES string of the molecule is CC(N)C1CC1(F)F.Cl. The molecule has 0 aromatic carbocycles. The zero-order valence-electron chi connectivity index (χ0n) is 5.10. The van der Waals surface area contributed by atoms with Crippen molar-refractivity contribution in [1.82, 2.24) is 0 Å². The molecule has 1 rings (SSSR count). The molecule has 1 fully saturated rings. The number of alkyl halides is 2. The monoisotopic (exact) mass is 157 g/mol. The second-order valence-corrected chi connectivity index (χ2v) is 2.43. The molecule has 1 aliphatic rings. The molecule has 0 aromatic rings. The zero-order valence-corrected chi connectivity index (χ0v) is 5.92. The maximum atomic E-state index is 12.0. The van der Waals surface area contributed by atoms with Gasteiger partial charge in [0.2, 0.25) is 0 Å². The van der Waals surface area contributed by atoms with Gasteiger partial charge in [-0.05, 0) is 6.92 Å². The normalized spacial score (nSPS) is 32.7. The second kappa shape index (κ2) is 2.39. The van der Waals surface area contributed by atoms with E-state index in [0.29, 0.717) is 0 Å². The summed E-state index contributed by atoms with van der Waals surface area (Å²) in [6.45, 7) is 1.62. The van der Waals surface area contributed by atoms with Gasteiger partial charge in [0, 0.05) is 18.4 Å². The zero-order chi connectivity index (χ0) is 6.36. The average molecular weight is 158 g/mol. The van der Waals surface area contributed by atoms with Crippen molar-refractivity contribution in [3.63, 3.8) is 0 Å². The van der Waals surface area contributed by atoms with Gasteiger partial charge in [0.05, 0.1) is 0 Å². The van der Waals surface area contributed by atoms with Gasteiger partial charge in [0.25, 0.3) is 5.92 Å². The minimum absolute atomic E-state index is 0. The van der Waals surface area contributed by atoms with E-state index in [9.17, 15) is 8.78 Å². The van der Waals surface area contributed by atoms with Gasteiger partial charge < -0.3 is 5.73 Å². The van der Waals surface area contributed by atoms with E-state index in [2.05, 4.69) is 0 Å². The maximum absolute atomic E-state index is 12.0. The molecule has 1 nitrogen and oxygen atoms in total. The first-order valence-electron chi connectivity index (χ1n) is 2.67. The van der Waals surface area contributed by atoms with Gasteiger partial charge in [-0.2, -0.15) is 0 Å². The van der Waals surface area contributed by atoms with E-state index < -0.39 is 11.8 Å². The van der Waals surface area contributed by atoms with E-state index in [-0.39, 0.29) is 24.9 Å². The molecule has 0 aromatic heterocycles. The Morgan fingerprint density at radius 2 is 2.00 bits per heavy atom. The number of halogens is 3. The molecule has 4 heteroatoms. The molecule has 0 bridgehead atoms. The number of hydrogen-bond acceptors (Lipinski definition) is 1. The van der Waals surface area contributed by atoms with Crippen molar-refractivity contribution in [2.24, 2.45) is 11.7 Å². The van der Waals surface area contributed by atoms with E-state index in [1.54, 1.807) is 6.92 Å². The molecule has 2 atom stereocenters. The first-order chi connectivity index (χ1) is 3.54. The highest BCUT2D eigenvalue weighted by molar-refractivity contribution is 5.85. The van der Waals surface area contributed by atoms with Gasteiger partial charge in [-0.3, -0.25) is 0 Å². The number of rotatable bonds is 1. The average Bonchev–Trinajstić information content (AvgIpc) is 2.13. The Labute approximate surface area is 59.0 Å². The van der Waals surface area contributed by atoms with Crippen LogP contribution in [0.15, 0.2) is 0 Å². The highest BCUT2D eigenvalue weighted by Crippen LogP contribution is 2.49. The fraction of sp³-hybridized carbons (Fsp3) is 1.00. The lowest BCUT2D eigenvalue weighted by molar-refractivity contribution is 0.0946. The van der Waals surface area contributed by atoms with E-state index >= 15 is 0 Å². The van der Waals surface area contributed by atoms with Crippen LogP contribution in [-0.4, -0.2) is 12.0 Å². The Bertz CT molecular complexity index is 105. The predicted molar refractivity (Wildman–Crippen MR) is 34.0 cm³/mol. The van der Waals surface area contributed by atoms with Gasteiger partial charge in [0.1, 0.15) is 0 Å². The first kappa shape index (κ1) is 9.11. The van der Waals surface area contributed by atoms with Gasteiger partial charge in [-0.25, -0.2) is 8.78 Å². The van der Waals surface area contributed by atoms with E-state index in [0.717, 1.165) is 0 Å². The first-order valence-corrected chi connectivity index (χ1v) is 2.67. The van der Waals surface area contributed by atoms with Crippen molar-refractivity contribution in [3.05, 3.63) is 0 Å². The molecular formula is C5H10ClF2N. The Hall–Kier alpha value is 0.110. The summed E-state index contributed by atoms with van der Waals surface area (Å²) in [6.07, 6.45) is -0.00926. The van der Waals surface area contributed by atoms with Crippen LogP contribution in [0.25, 0.3) is 0 Å². The van der Waals surface area contributed by atoms with Crippen LogP contribution in [0.3, 0.4) is 0 Å². The number of hydrogen-bond donors (Lipinski definition) is 1. The topological polar surface area (TPSA) is 26.0 Å². The molecule has 0 radical (unpaired) electrons. The third-order valence-corrected chi connectivity index (χ3v) is 1.51. The van der Waals surface area contributed by atoms with Crippen molar-refractivity contribution in [3.8, 4) is 0 Å². The van der Waals surface area contributed by atoms with Crippen molar-refractivity contribution in [2.45, 2.75) is 25.3 Å². The van der Waals surface area contributed by atoms with Crippen LogP contribution < -0.4 is 5.73 Å². The molecule has 2 N–H and O–H groups in total. The van der Waals surface area contributed by atoms with Gasteiger partial charge >= 0.3 is 0 Å². The third-order valence-electron chi connectivity index (χ3n) is 1.51. The van der Waals surface area contributed by atoms with Crippen LogP contribution >= 0.6 is 12.4 Å². The fourth-order valence-electron chi connectivity index (χ4n) is 0.805. The van der Waals surface area contributed by atoms with Crippen LogP contribution in [0.5, 0.6) is 0 Å². The van der Waals surface area contributed by atoms with Crippen molar-refractivity contribution in [2.75, 3.05) is 0 Å². The van der Waals surface area contributed by atoms with Gasteiger partial charge in [0.15, 0.2) is 0 Å². The van der Waals surface area contributed by atoms with Crippen LogP contribution in [0.4, 0.5) is 8.78 Å². The molecule has 0 heterocycles. The minimum atomic E-state index is -2.44. The quantitative estimate of drug-likeness (QED) is 0.612. The lowest BCUT2D eigenvalue weighted by atomic mass is 10.2. The lowest BCUT2D eigenvalue weighted by Gasteiger charge is -1.99. The summed E-state index contributed by atoms with van der Waals surface area (Å²) in [5, 5.41) is 0. The molecule has 56 valence electrons. The van der Waals surface area contributed by atoms with Crippen molar-refractivity contribution >= 4 is 12.4 Å². The highest BCUT2D eigenvalue weighted by atomic mass is 35.5. The van der Waals surface area contributed by atoms with Crippen LogP contribution in [0.1, 0.15) is 13.3 Å². The summed E-state index contributed by atoms with van der Waals surface area (Å²) < 4.78 is 23.9. The Kier molecular flexibility index (Phi) is 2.41. The van der Waals surface area contributed by atoms with Crippen LogP contribution in [-0.2, 0) is 0 Å². The molecule has 2 unspecified atom stereocenters. The molecule has 0 aliphatic heterocycles. The largest absolute Gasteiger partial charge is 0.327 e. The third kappa shape index (κ3) is 1.76. The van der Waals surface area contributed by atoms with Crippen LogP contribution in [0, 0.1) is 5.92 Å². The van der Waals surface area contributed by atoms with Gasteiger partial charge in [-0.1, -0.05) is 0 Å². The molecular weight excluding hydrogens is 148 g/mol. The minimum Gasteiger partial charge on any atom is -0.327 e. The molecule has 0 saturated heterocycles. The molecule has 0 amide bonds. The molecule has 1 aliphatic carbocycles. The predicted octanol–water partition coefficient (Wildman–Crippen LogP) is 1.41. The fourth-order valence-corrected chi connectivity index (χ4v) is 0.805. The lowest BCUT2D eigenvalue weighted by Crippen LogP contribution is -2.20. The van der Waals surface area contributed by atoms with E-state index in [1.807, 2.05) is 0 Å². The molecule has 9 heavy (non-hydrogen) atoms. The summed E-state index contributed by atoms with van der Waals surface area (Å²) in [5.74, 6) is -2.98. The Morgan fingerprint density at radius 1 is 1.67 bits per heavy atom. The highest BCUT2D eigenvalue weighted by Gasteiger charge is 2.58. The summed E-state index contributed by atoms with van der Waals surface area (Å²) in [5.41, 5.74) is 5.19. The summed E-state index contributed by atoms with van der Waals surface area (Å²) in [4.78, 5) is 0. The van der Waals surface area contributed by atoms with Crippen LogP contribution in [0.2, 0.25) is 0 Å². The Balaban J connectivity index is 0.000000640. The smallest absolute Gasteiger partial charge is 0.253 e. The van der Waals surface area contributed by atoms with Crippen molar-refractivity contribution in [1.29, 1.82) is 0 Å². The second-order valence-electron chi connectivity index (χ2n) is 2.43. The molecule has 1 saturated carbocycles. The van der Waals surface area contributed by atoms with E-state index in [1.165, 1.54) is 0 Å². The van der Waals surface area contributed by atoms with Crippen molar-refractivity contribution < 1.29 is 8.78 Å². The maximum Gasteiger partial charge on any atom is 0.253 e. The summed E-state index contributed by atoms with van der Waals surface area (Å²) in [7, 11) is 0. The summed E-state index contributed by atoms with van der Waals surface area (Å²) >= 11 is 0. The van der Waals surface area contributed by atoms with Gasteiger partial charge in [-0.15, -0.1) is 12.4 Å². The summed E-state index contributed by atoms with van der Waals surface area (Å²) in [6, 6.07) is -0.343. The molecule has 0 spiro atoms. The Morgan fingerprint density at radius 3 is 2.00 bits per heavy atom. The van der Waals surface area contributed by atoms with E-state index in [4.69, 9.17) is 5.73 Å². The number of nitrogens with two attached hydrogens (primary N) is 1.